The van der Waals surface area contributed by atoms with Gasteiger partial charge in [-0.1, -0.05) is 6.92 Å². The second-order valence-electron chi connectivity index (χ2n) is 6.33. The number of aromatic nitrogens is 2. The van der Waals surface area contributed by atoms with Crippen LogP contribution in [-0.2, 0) is 27.8 Å². The van der Waals surface area contributed by atoms with Gasteiger partial charge in [0.1, 0.15) is 5.82 Å². The summed E-state index contributed by atoms with van der Waals surface area (Å²) in [5.74, 6) is 0.265. The van der Waals surface area contributed by atoms with Gasteiger partial charge in [0, 0.05) is 64.9 Å². The molecule has 24 heavy (non-hydrogen) atoms. The fourth-order valence-electron chi connectivity index (χ4n) is 2.87. The maximum Gasteiger partial charge on any atom is 0.224 e. The van der Waals surface area contributed by atoms with Crippen LogP contribution in [-0.4, -0.2) is 77.2 Å². The number of β-amino-alcohol motifs (C(OH)–C–C–N with tert-alkyl or cyclic N) is 1. The van der Waals surface area contributed by atoms with Crippen LogP contribution in [0.1, 0.15) is 19.2 Å². The van der Waals surface area contributed by atoms with Crippen molar-refractivity contribution < 1.29 is 18.3 Å². The van der Waals surface area contributed by atoms with Gasteiger partial charge < -0.3 is 14.6 Å². The number of amides is 1. The normalized spacial score (nSPS) is 21.6. The van der Waals surface area contributed by atoms with E-state index in [1.165, 1.54) is 14.1 Å². The summed E-state index contributed by atoms with van der Waals surface area (Å²) in [6.45, 7) is 3.01. The van der Waals surface area contributed by atoms with E-state index < -0.39 is 22.0 Å². The number of hydrogen-bond donors (Lipinski definition) is 1. The highest BCUT2D eigenvalue weighted by Gasteiger charge is 2.37. The number of carbonyl (C=O) groups excluding carboxylic acids is 1. The largest absolute Gasteiger partial charge is 0.391 e. The lowest BCUT2D eigenvalue weighted by atomic mass is 10.1. The zero-order chi connectivity index (χ0) is 17.9. The van der Waals surface area contributed by atoms with E-state index >= 15 is 0 Å². The number of rotatable bonds is 7. The minimum Gasteiger partial charge on any atom is -0.391 e. The molecule has 1 aromatic rings. The Morgan fingerprint density at radius 2 is 2.12 bits per heavy atom. The summed E-state index contributed by atoms with van der Waals surface area (Å²) in [4.78, 5) is 18.1. The summed E-state index contributed by atoms with van der Waals surface area (Å²) >= 11 is 0. The molecule has 0 spiro atoms. The summed E-state index contributed by atoms with van der Waals surface area (Å²) in [6, 6.07) is 0. The fraction of sp³-hybridized carbons (Fsp3) is 0.733. The van der Waals surface area contributed by atoms with Gasteiger partial charge in [-0.3, -0.25) is 4.79 Å². The third-order valence-electron chi connectivity index (χ3n) is 4.42. The number of carbonyl (C=O) groups is 1. The maximum atomic E-state index is 12.4. The second kappa shape index (κ2) is 7.62. The Hall–Kier alpha value is -1.45. The van der Waals surface area contributed by atoms with Gasteiger partial charge in [0.2, 0.25) is 15.9 Å². The zero-order valence-electron chi connectivity index (χ0n) is 14.4. The standard InChI is InChI=1S/C15H26N4O4S/c1-4-14-16-6-8-18(14)7-5-15(21)19-9-12(13(20)10-19)11-24(22,23)17(2)3/h6,8,12-13,20H,4-5,7,9-11H2,1-3H3/t12-,13-/m0/s1. The van der Waals surface area contributed by atoms with Gasteiger partial charge in [-0.15, -0.1) is 0 Å². The number of imidazole rings is 1. The van der Waals surface area contributed by atoms with Crippen LogP contribution in [0.4, 0.5) is 0 Å². The smallest absolute Gasteiger partial charge is 0.224 e. The molecule has 1 N–H and O–H groups in total. The average molecular weight is 358 g/mol. The number of aryl methyl sites for hydroxylation is 2. The molecule has 1 aliphatic heterocycles. The minimum absolute atomic E-state index is 0.0745. The molecular weight excluding hydrogens is 332 g/mol. The zero-order valence-corrected chi connectivity index (χ0v) is 15.2. The van der Waals surface area contributed by atoms with Crippen molar-refractivity contribution in [2.45, 2.75) is 32.4 Å². The molecule has 2 rings (SSSR count). The number of hydrogen-bond acceptors (Lipinski definition) is 5. The van der Waals surface area contributed by atoms with Crippen LogP contribution in [0.5, 0.6) is 0 Å². The predicted octanol–water partition coefficient (Wildman–Crippen LogP) is -0.454. The van der Waals surface area contributed by atoms with Gasteiger partial charge in [-0.25, -0.2) is 17.7 Å². The van der Waals surface area contributed by atoms with E-state index in [1.807, 2.05) is 17.7 Å². The highest BCUT2D eigenvalue weighted by atomic mass is 32.2. The Labute approximate surface area is 143 Å². The number of aliphatic hydroxyl groups excluding tert-OH is 1. The van der Waals surface area contributed by atoms with E-state index in [2.05, 4.69) is 4.98 Å². The van der Waals surface area contributed by atoms with Crippen molar-refractivity contribution >= 4 is 15.9 Å². The van der Waals surface area contributed by atoms with E-state index in [-0.39, 0.29) is 24.7 Å². The number of likely N-dealkylation sites (tertiary alicyclic amines) is 1. The molecule has 1 aliphatic rings. The van der Waals surface area contributed by atoms with Crippen molar-refractivity contribution in [2.75, 3.05) is 32.9 Å². The SMILES string of the molecule is CCc1nccn1CCC(=O)N1C[C@@H](CS(=O)(=O)N(C)C)[C@@H](O)C1. The van der Waals surface area contributed by atoms with Crippen molar-refractivity contribution in [3.05, 3.63) is 18.2 Å². The highest BCUT2D eigenvalue weighted by molar-refractivity contribution is 7.89. The predicted molar refractivity (Wildman–Crippen MR) is 89.8 cm³/mol. The van der Waals surface area contributed by atoms with Crippen molar-refractivity contribution in [3.8, 4) is 0 Å². The Bertz CT molecular complexity index is 671. The third kappa shape index (κ3) is 4.34. The first-order valence-corrected chi connectivity index (χ1v) is 9.71. The molecule has 0 saturated carbocycles. The lowest BCUT2D eigenvalue weighted by Gasteiger charge is -2.18. The van der Waals surface area contributed by atoms with Gasteiger partial charge in [0.05, 0.1) is 11.9 Å². The van der Waals surface area contributed by atoms with Gasteiger partial charge in [0.15, 0.2) is 0 Å². The molecule has 8 nitrogen and oxygen atoms in total. The maximum absolute atomic E-state index is 12.4. The van der Waals surface area contributed by atoms with Gasteiger partial charge in [-0.2, -0.15) is 0 Å². The average Bonchev–Trinajstić information content (AvgIpc) is 3.11. The molecule has 1 saturated heterocycles. The lowest BCUT2D eigenvalue weighted by Crippen LogP contribution is -2.33. The molecule has 0 bridgehead atoms. The molecule has 2 heterocycles. The van der Waals surface area contributed by atoms with E-state index in [9.17, 15) is 18.3 Å². The molecule has 9 heteroatoms. The quantitative estimate of drug-likeness (QED) is 0.712. The first-order valence-electron chi connectivity index (χ1n) is 8.10. The van der Waals surface area contributed by atoms with Crippen molar-refractivity contribution in [1.29, 1.82) is 0 Å². The summed E-state index contributed by atoms with van der Waals surface area (Å²) < 4.78 is 27.0. The van der Waals surface area contributed by atoms with Crippen LogP contribution in [0.15, 0.2) is 12.4 Å². The van der Waals surface area contributed by atoms with Crippen LogP contribution in [0.3, 0.4) is 0 Å². The first-order chi connectivity index (χ1) is 11.2. The van der Waals surface area contributed by atoms with Gasteiger partial charge in [-0.05, 0) is 0 Å². The van der Waals surface area contributed by atoms with Crippen LogP contribution >= 0.6 is 0 Å². The monoisotopic (exact) mass is 358 g/mol. The van der Waals surface area contributed by atoms with E-state index in [0.29, 0.717) is 13.0 Å². The van der Waals surface area contributed by atoms with Crippen molar-refractivity contribution in [2.24, 2.45) is 5.92 Å². The van der Waals surface area contributed by atoms with Crippen LogP contribution in [0.25, 0.3) is 0 Å². The summed E-state index contributed by atoms with van der Waals surface area (Å²) in [6.07, 6.45) is 3.86. The summed E-state index contributed by atoms with van der Waals surface area (Å²) in [5, 5.41) is 10.1. The Kier molecular flexibility index (Phi) is 6.00. The topological polar surface area (TPSA) is 95.7 Å². The van der Waals surface area contributed by atoms with E-state index in [0.717, 1.165) is 16.6 Å². The van der Waals surface area contributed by atoms with E-state index in [4.69, 9.17) is 0 Å². The van der Waals surface area contributed by atoms with Gasteiger partial charge >= 0.3 is 0 Å². The van der Waals surface area contributed by atoms with Crippen molar-refractivity contribution in [3.63, 3.8) is 0 Å². The molecule has 0 radical (unpaired) electrons. The Balaban J connectivity index is 1.90. The van der Waals surface area contributed by atoms with Crippen LogP contribution in [0.2, 0.25) is 0 Å². The van der Waals surface area contributed by atoms with Crippen LogP contribution in [0, 0.1) is 5.92 Å². The molecule has 2 atom stereocenters. The fourth-order valence-corrected chi connectivity index (χ4v) is 4.04. The molecule has 0 aromatic carbocycles. The molecular formula is C15H26N4O4S. The second-order valence-corrected chi connectivity index (χ2v) is 8.55. The van der Waals surface area contributed by atoms with E-state index in [1.54, 1.807) is 11.1 Å². The van der Waals surface area contributed by atoms with Crippen molar-refractivity contribution in [1.82, 2.24) is 18.8 Å². The Morgan fingerprint density at radius 1 is 1.42 bits per heavy atom. The molecule has 1 amide bonds. The highest BCUT2D eigenvalue weighted by Crippen LogP contribution is 2.20. The third-order valence-corrected chi connectivity index (χ3v) is 6.39. The minimum atomic E-state index is -3.40. The summed E-state index contributed by atoms with van der Waals surface area (Å²) in [7, 11) is -0.461. The summed E-state index contributed by atoms with van der Waals surface area (Å²) in [5.41, 5.74) is 0. The number of aliphatic hydroxyl groups is 1. The molecule has 0 aliphatic carbocycles. The van der Waals surface area contributed by atoms with Crippen LogP contribution < -0.4 is 0 Å². The first kappa shape index (κ1) is 18.9. The molecule has 1 aromatic heterocycles. The molecule has 0 unspecified atom stereocenters. The molecule has 136 valence electrons. The molecule has 1 fully saturated rings. The number of sulfonamides is 1. The lowest BCUT2D eigenvalue weighted by molar-refractivity contribution is -0.130. The number of nitrogens with zero attached hydrogens (tertiary/aromatic N) is 4. The Morgan fingerprint density at radius 3 is 2.75 bits per heavy atom. The van der Waals surface area contributed by atoms with Gasteiger partial charge in [0.25, 0.3) is 0 Å².